The third-order valence-electron chi connectivity index (χ3n) is 2.20. The zero-order valence-electron chi connectivity index (χ0n) is 9.74. The molecule has 6 nitrogen and oxygen atoms in total. The van der Waals surface area contributed by atoms with E-state index in [0.717, 1.165) is 0 Å². The van der Waals surface area contributed by atoms with Crippen molar-refractivity contribution in [2.45, 2.75) is 32.4 Å². The van der Waals surface area contributed by atoms with Crippen LogP contribution < -0.4 is 10.6 Å². The van der Waals surface area contributed by atoms with Gasteiger partial charge >= 0.3 is 6.09 Å². The Hall–Kier alpha value is -1.30. The first-order valence-corrected chi connectivity index (χ1v) is 5.21. The van der Waals surface area contributed by atoms with Gasteiger partial charge in [0.2, 0.25) is 5.91 Å². The number of aliphatic hydroxyl groups is 1. The van der Waals surface area contributed by atoms with Gasteiger partial charge in [0.05, 0.1) is 6.61 Å². The van der Waals surface area contributed by atoms with E-state index in [0.29, 0.717) is 6.54 Å². The minimum absolute atomic E-state index is 0.154. The van der Waals surface area contributed by atoms with Gasteiger partial charge in [-0.15, -0.1) is 0 Å². The van der Waals surface area contributed by atoms with E-state index in [1.807, 2.05) is 0 Å². The lowest BCUT2D eigenvalue weighted by Crippen LogP contribution is -2.46. The summed E-state index contributed by atoms with van der Waals surface area (Å²) in [7, 11) is 0. The van der Waals surface area contributed by atoms with Crippen LogP contribution in [0.15, 0.2) is 0 Å². The van der Waals surface area contributed by atoms with Gasteiger partial charge in [-0.2, -0.15) is 0 Å². The second kappa shape index (κ2) is 4.69. The summed E-state index contributed by atoms with van der Waals surface area (Å²) in [6, 6.07) is -0.708. The molecule has 1 aliphatic heterocycles. The molecule has 0 radical (unpaired) electrons. The SMILES string of the molecule is CC(C)(C)OC(=O)N[C@@H]1C(=O)NC[C@@H]1CO. The second-order valence-corrected chi connectivity index (χ2v) is 4.81. The van der Waals surface area contributed by atoms with Crippen LogP contribution in [-0.4, -0.2) is 41.9 Å². The molecular weight excluding hydrogens is 212 g/mol. The third kappa shape index (κ3) is 3.37. The average molecular weight is 230 g/mol. The van der Waals surface area contributed by atoms with Gasteiger partial charge in [0.1, 0.15) is 11.6 Å². The number of nitrogens with one attached hydrogen (secondary N) is 2. The maximum Gasteiger partial charge on any atom is 0.408 e. The Morgan fingerprint density at radius 3 is 2.75 bits per heavy atom. The first-order valence-electron chi connectivity index (χ1n) is 5.21. The maximum absolute atomic E-state index is 11.4. The van der Waals surface area contributed by atoms with Gasteiger partial charge in [0, 0.05) is 12.5 Å². The molecule has 2 atom stereocenters. The highest BCUT2D eigenvalue weighted by Gasteiger charge is 2.36. The predicted molar refractivity (Wildman–Crippen MR) is 56.7 cm³/mol. The van der Waals surface area contributed by atoms with Gasteiger partial charge in [-0.1, -0.05) is 0 Å². The van der Waals surface area contributed by atoms with Crippen molar-refractivity contribution in [3.05, 3.63) is 0 Å². The molecule has 0 aliphatic carbocycles. The summed E-state index contributed by atoms with van der Waals surface area (Å²) >= 11 is 0. The van der Waals surface area contributed by atoms with Crippen molar-refractivity contribution in [3.63, 3.8) is 0 Å². The van der Waals surface area contributed by atoms with Crippen LogP contribution in [0.2, 0.25) is 0 Å². The fourth-order valence-corrected chi connectivity index (χ4v) is 1.46. The molecule has 0 spiro atoms. The predicted octanol–water partition coefficient (Wildman–Crippen LogP) is -0.382. The van der Waals surface area contributed by atoms with Crippen molar-refractivity contribution < 1.29 is 19.4 Å². The Balaban J connectivity index is 2.52. The summed E-state index contributed by atoms with van der Waals surface area (Å²) < 4.78 is 5.03. The van der Waals surface area contributed by atoms with Gasteiger partial charge in [-0.3, -0.25) is 4.79 Å². The van der Waals surface area contributed by atoms with E-state index in [9.17, 15) is 9.59 Å². The largest absolute Gasteiger partial charge is 0.444 e. The number of rotatable bonds is 2. The van der Waals surface area contributed by atoms with Crippen LogP contribution in [-0.2, 0) is 9.53 Å². The van der Waals surface area contributed by atoms with E-state index in [2.05, 4.69) is 10.6 Å². The van der Waals surface area contributed by atoms with Gasteiger partial charge in [0.15, 0.2) is 0 Å². The van der Waals surface area contributed by atoms with Gasteiger partial charge in [0.25, 0.3) is 0 Å². The van der Waals surface area contributed by atoms with Crippen LogP contribution in [0.1, 0.15) is 20.8 Å². The molecule has 1 aliphatic rings. The van der Waals surface area contributed by atoms with Crippen molar-refractivity contribution >= 4 is 12.0 Å². The first-order chi connectivity index (χ1) is 7.33. The highest BCUT2D eigenvalue weighted by atomic mass is 16.6. The van der Waals surface area contributed by atoms with Crippen LogP contribution in [0.3, 0.4) is 0 Å². The number of carbonyl (C=O) groups is 2. The number of aliphatic hydroxyl groups excluding tert-OH is 1. The zero-order chi connectivity index (χ0) is 12.3. The average Bonchev–Trinajstić information content (AvgIpc) is 2.44. The Labute approximate surface area is 94.3 Å². The van der Waals surface area contributed by atoms with E-state index in [-0.39, 0.29) is 18.4 Å². The molecule has 1 rings (SSSR count). The molecule has 0 unspecified atom stereocenters. The van der Waals surface area contributed by atoms with Crippen molar-refractivity contribution in [3.8, 4) is 0 Å². The van der Waals surface area contributed by atoms with E-state index in [1.54, 1.807) is 20.8 Å². The second-order valence-electron chi connectivity index (χ2n) is 4.81. The van der Waals surface area contributed by atoms with E-state index in [4.69, 9.17) is 9.84 Å². The minimum atomic E-state index is -0.708. The van der Waals surface area contributed by atoms with Crippen LogP contribution in [0, 0.1) is 5.92 Å². The van der Waals surface area contributed by atoms with E-state index < -0.39 is 17.7 Å². The molecule has 1 saturated heterocycles. The molecule has 16 heavy (non-hydrogen) atoms. The molecule has 0 bridgehead atoms. The molecule has 6 heteroatoms. The number of hydrogen-bond acceptors (Lipinski definition) is 4. The van der Waals surface area contributed by atoms with Crippen molar-refractivity contribution in [2.75, 3.05) is 13.2 Å². The van der Waals surface area contributed by atoms with Gasteiger partial charge < -0.3 is 20.5 Å². The number of ether oxygens (including phenoxy) is 1. The summed E-state index contributed by atoms with van der Waals surface area (Å²) in [6.45, 7) is 5.44. The number of hydrogen-bond donors (Lipinski definition) is 3. The molecule has 0 aromatic rings. The Bertz CT molecular complexity index is 285. The molecule has 1 heterocycles. The van der Waals surface area contributed by atoms with Crippen LogP contribution >= 0.6 is 0 Å². The summed E-state index contributed by atoms with van der Waals surface area (Å²) in [4.78, 5) is 22.8. The molecule has 0 aromatic carbocycles. The van der Waals surface area contributed by atoms with Crippen LogP contribution in [0.4, 0.5) is 4.79 Å². The lowest BCUT2D eigenvalue weighted by molar-refractivity contribution is -0.121. The van der Waals surface area contributed by atoms with Gasteiger partial charge in [-0.25, -0.2) is 4.79 Å². The molecule has 92 valence electrons. The van der Waals surface area contributed by atoms with E-state index >= 15 is 0 Å². The summed E-state index contributed by atoms with van der Waals surface area (Å²) in [5.74, 6) is -0.579. The highest BCUT2D eigenvalue weighted by Crippen LogP contribution is 2.11. The smallest absolute Gasteiger partial charge is 0.408 e. The van der Waals surface area contributed by atoms with Gasteiger partial charge in [-0.05, 0) is 20.8 Å². The van der Waals surface area contributed by atoms with Crippen LogP contribution in [0.5, 0.6) is 0 Å². The maximum atomic E-state index is 11.4. The number of amides is 2. The Kier molecular flexibility index (Phi) is 3.74. The summed E-state index contributed by atoms with van der Waals surface area (Å²) in [5, 5.41) is 14.0. The summed E-state index contributed by atoms with van der Waals surface area (Å²) in [6.07, 6.45) is -0.645. The Morgan fingerprint density at radius 2 is 2.25 bits per heavy atom. The normalized spacial score (nSPS) is 25.1. The van der Waals surface area contributed by atoms with Crippen molar-refractivity contribution in [1.29, 1.82) is 0 Å². The molecule has 0 aromatic heterocycles. The number of carbonyl (C=O) groups excluding carboxylic acids is 2. The highest BCUT2D eigenvalue weighted by molar-refractivity contribution is 5.87. The zero-order valence-corrected chi connectivity index (χ0v) is 9.74. The topological polar surface area (TPSA) is 87.7 Å². The molecule has 0 saturated carbocycles. The minimum Gasteiger partial charge on any atom is -0.444 e. The fourth-order valence-electron chi connectivity index (χ4n) is 1.46. The Morgan fingerprint density at radius 1 is 1.62 bits per heavy atom. The first kappa shape index (κ1) is 12.8. The lowest BCUT2D eigenvalue weighted by atomic mass is 10.1. The van der Waals surface area contributed by atoms with E-state index in [1.165, 1.54) is 0 Å². The molecule has 2 amide bonds. The van der Waals surface area contributed by atoms with Crippen LogP contribution in [0.25, 0.3) is 0 Å². The third-order valence-corrected chi connectivity index (χ3v) is 2.20. The molecular formula is C10H18N2O4. The summed E-state index contributed by atoms with van der Waals surface area (Å²) in [5.41, 5.74) is -0.603. The standard InChI is InChI=1S/C10H18N2O4/c1-10(2,3)16-9(15)12-7-6(5-13)4-11-8(7)14/h6-7,13H,4-5H2,1-3H3,(H,11,14)(H,12,15)/t6-,7+/m1/s1. The lowest BCUT2D eigenvalue weighted by Gasteiger charge is -2.22. The number of alkyl carbamates (subject to hydrolysis) is 1. The van der Waals surface area contributed by atoms with Crippen molar-refractivity contribution in [2.24, 2.45) is 5.92 Å². The molecule has 1 fully saturated rings. The monoisotopic (exact) mass is 230 g/mol. The van der Waals surface area contributed by atoms with Crippen molar-refractivity contribution in [1.82, 2.24) is 10.6 Å². The quantitative estimate of drug-likeness (QED) is 0.603. The fraction of sp³-hybridized carbons (Fsp3) is 0.800. The molecule has 3 N–H and O–H groups in total.